The van der Waals surface area contributed by atoms with Crippen molar-refractivity contribution in [1.29, 1.82) is 0 Å². The highest BCUT2D eigenvalue weighted by molar-refractivity contribution is 6.75. The highest BCUT2D eigenvalue weighted by Crippen LogP contribution is 2.25. The zero-order chi connectivity index (χ0) is 12.5. The van der Waals surface area contributed by atoms with Gasteiger partial charge in [-0.05, 0) is 30.4 Å². The largest absolute Gasteiger partial charge is 0.372 e. The second-order valence-electron chi connectivity index (χ2n) is 5.80. The fourth-order valence-corrected chi connectivity index (χ4v) is 4.51. The average molecular weight is 245 g/mol. The van der Waals surface area contributed by atoms with Gasteiger partial charge in [0.25, 0.3) is 0 Å². The van der Waals surface area contributed by atoms with Crippen LogP contribution in [0.4, 0.5) is 0 Å². The molecule has 1 heterocycles. The van der Waals surface area contributed by atoms with E-state index in [2.05, 4.69) is 61.1 Å². The van der Waals surface area contributed by atoms with Crippen molar-refractivity contribution in [3.8, 4) is 0 Å². The fourth-order valence-electron chi connectivity index (χ4n) is 2.55. The molecule has 0 N–H and O–H groups in total. The van der Waals surface area contributed by atoms with Crippen LogP contribution in [0.3, 0.4) is 0 Å². The second-order valence-corrected chi connectivity index (χ2v) is 10.6. The van der Waals surface area contributed by atoms with Gasteiger partial charge in [0.1, 0.15) is 0 Å². The first-order valence-electron chi connectivity index (χ1n) is 6.64. The number of hydrogen-bond donors (Lipinski definition) is 0. The quantitative estimate of drug-likeness (QED) is 0.690. The summed E-state index contributed by atoms with van der Waals surface area (Å²) in [5, 5.41) is 1.40. The third-order valence-corrected chi connectivity index (χ3v) is 5.11. The van der Waals surface area contributed by atoms with Gasteiger partial charge in [-0.1, -0.05) is 51.2 Å². The lowest BCUT2D eigenvalue weighted by molar-refractivity contribution is 0.771. The molecule has 1 aromatic heterocycles. The number of unbranched alkanes of at least 4 members (excludes halogenated alkanes) is 1. The maximum absolute atomic E-state index is 2.64. The standard InChI is InChI=1S/C15H23NSi/c1-5-6-10-14-12-13-9-7-8-11-15(13)16(14)17(2,3)4/h7-9,11-12H,5-6,10H2,1-4H3. The molecular weight excluding hydrogens is 222 g/mol. The molecule has 2 heteroatoms. The predicted molar refractivity (Wildman–Crippen MR) is 79.3 cm³/mol. The summed E-state index contributed by atoms with van der Waals surface area (Å²) < 4.78 is 2.64. The maximum atomic E-state index is 2.64. The van der Waals surface area contributed by atoms with Crippen LogP contribution in [0.2, 0.25) is 19.6 Å². The number of aryl methyl sites for hydroxylation is 1. The van der Waals surface area contributed by atoms with Gasteiger partial charge >= 0.3 is 0 Å². The van der Waals surface area contributed by atoms with E-state index in [4.69, 9.17) is 0 Å². The topological polar surface area (TPSA) is 4.93 Å². The Hall–Kier alpha value is -1.02. The van der Waals surface area contributed by atoms with Crippen molar-refractivity contribution < 1.29 is 0 Å². The normalized spacial score (nSPS) is 12.2. The molecule has 0 aliphatic carbocycles. The lowest BCUT2D eigenvalue weighted by atomic mass is 10.2. The number of aromatic nitrogens is 1. The van der Waals surface area contributed by atoms with Crippen molar-refractivity contribution in [2.45, 2.75) is 45.8 Å². The van der Waals surface area contributed by atoms with Gasteiger partial charge in [0, 0.05) is 11.2 Å². The third-order valence-electron chi connectivity index (χ3n) is 3.24. The van der Waals surface area contributed by atoms with Gasteiger partial charge in [-0.15, -0.1) is 0 Å². The minimum atomic E-state index is -1.32. The lowest BCUT2D eigenvalue weighted by Crippen LogP contribution is -2.33. The van der Waals surface area contributed by atoms with Crippen LogP contribution in [-0.4, -0.2) is 12.5 Å². The van der Waals surface area contributed by atoms with Crippen molar-refractivity contribution in [3.63, 3.8) is 0 Å². The average Bonchev–Trinajstić information content (AvgIpc) is 2.63. The Bertz CT molecular complexity index is 505. The van der Waals surface area contributed by atoms with E-state index in [0.29, 0.717) is 0 Å². The van der Waals surface area contributed by atoms with Gasteiger partial charge in [0.2, 0.25) is 0 Å². The molecule has 0 atom stereocenters. The van der Waals surface area contributed by atoms with Gasteiger partial charge in [-0.3, -0.25) is 0 Å². The van der Waals surface area contributed by atoms with Crippen LogP contribution < -0.4 is 0 Å². The summed E-state index contributed by atoms with van der Waals surface area (Å²) in [7, 11) is -1.32. The Labute approximate surface area is 106 Å². The van der Waals surface area contributed by atoms with Crippen LogP contribution in [-0.2, 0) is 6.42 Å². The molecule has 0 amide bonds. The van der Waals surface area contributed by atoms with E-state index in [0.717, 1.165) is 0 Å². The number of benzene rings is 1. The van der Waals surface area contributed by atoms with Gasteiger partial charge in [-0.2, -0.15) is 0 Å². The number of para-hydroxylation sites is 1. The summed E-state index contributed by atoms with van der Waals surface area (Å²) in [5.74, 6) is 0. The lowest BCUT2D eigenvalue weighted by Gasteiger charge is -2.23. The molecule has 0 spiro atoms. The van der Waals surface area contributed by atoms with E-state index in [1.807, 2.05) is 0 Å². The summed E-state index contributed by atoms with van der Waals surface area (Å²) in [5.41, 5.74) is 2.96. The minimum Gasteiger partial charge on any atom is -0.372 e. The predicted octanol–water partition coefficient (Wildman–Crippen LogP) is 4.67. The molecule has 1 nitrogen and oxygen atoms in total. The Morgan fingerprint density at radius 2 is 1.82 bits per heavy atom. The molecule has 0 aliphatic heterocycles. The molecule has 0 bridgehead atoms. The zero-order valence-corrected chi connectivity index (χ0v) is 12.5. The van der Waals surface area contributed by atoms with E-state index in [-0.39, 0.29) is 0 Å². The number of fused-ring (bicyclic) bond motifs is 1. The third kappa shape index (κ3) is 2.47. The molecule has 17 heavy (non-hydrogen) atoms. The van der Waals surface area contributed by atoms with E-state index in [1.54, 1.807) is 0 Å². The molecular formula is C15H23NSi. The van der Waals surface area contributed by atoms with Crippen LogP contribution in [0.15, 0.2) is 30.3 Å². The molecule has 1 aromatic carbocycles. The summed E-state index contributed by atoms with van der Waals surface area (Å²) in [6.07, 6.45) is 3.78. The van der Waals surface area contributed by atoms with Gasteiger partial charge in [0.05, 0.1) is 0 Å². The van der Waals surface area contributed by atoms with E-state index in [9.17, 15) is 0 Å². The Morgan fingerprint density at radius 1 is 1.12 bits per heavy atom. The molecule has 92 valence electrons. The molecule has 0 radical (unpaired) electrons. The van der Waals surface area contributed by atoms with E-state index < -0.39 is 8.24 Å². The second kappa shape index (κ2) is 4.69. The van der Waals surface area contributed by atoms with E-state index >= 15 is 0 Å². The Kier molecular flexibility index (Phi) is 3.43. The Morgan fingerprint density at radius 3 is 2.47 bits per heavy atom. The van der Waals surface area contributed by atoms with Crippen LogP contribution in [0.5, 0.6) is 0 Å². The zero-order valence-electron chi connectivity index (χ0n) is 11.5. The molecule has 0 saturated heterocycles. The van der Waals surface area contributed by atoms with Gasteiger partial charge < -0.3 is 4.23 Å². The smallest absolute Gasteiger partial charge is 0.153 e. The number of nitrogens with zero attached hydrogens (tertiary/aromatic N) is 1. The van der Waals surface area contributed by atoms with Crippen molar-refractivity contribution in [1.82, 2.24) is 4.23 Å². The van der Waals surface area contributed by atoms with Crippen LogP contribution in [0.1, 0.15) is 25.5 Å². The summed E-state index contributed by atoms with van der Waals surface area (Å²) in [6, 6.07) is 11.2. The number of rotatable bonds is 4. The molecule has 2 rings (SSSR count). The molecule has 0 unspecified atom stereocenters. The SMILES string of the molecule is CCCCc1cc2ccccc2n1[Si](C)(C)C. The molecule has 0 saturated carbocycles. The monoisotopic (exact) mass is 245 g/mol. The summed E-state index contributed by atoms with van der Waals surface area (Å²) >= 11 is 0. The van der Waals surface area contributed by atoms with Crippen molar-refractivity contribution in [2.24, 2.45) is 0 Å². The fraction of sp³-hybridized carbons (Fsp3) is 0.467. The van der Waals surface area contributed by atoms with Crippen molar-refractivity contribution in [2.75, 3.05) is 0 Å². The van der Waals surface area contributed by atoms with Crippen molar-refractivity contribution >= 4 is 19.1 Å². The summed E-state index contributed by atoms with van der Waals surface area (Å²) in [6.45, 7) is 9.54. The van der Waals surface area contributed by atoms with E-state index in [1.165, 1.54) is 35.9 Å². The molecule has 2 aromatic rings. The van der Waals surface area contributed by atoms with Crippen LogP contribution >= 0.6 is 0 Å². The molecule has 0 aliphatic rings. The first kappa shape index (κ1) is 12.4. The minimum absolute atomic E-state index is 1.22. The van der Waals surface area contributed by atoms with Gasteiger partial charge in [-0.25, -0.2) is 0 Å². The maximum Gasteiger partial charge on any atom is 0.153 e. The summed E-state index contributed by atoms with van der Waals surface area (Å²) in [4.78, 5) is 0. The first-order chi connectivity index (χ1) is 8.04. The highest BCUT2D eigenvalue weighted by atomic mass is 28.3. The Balaban J connectivity index is 2.57. The van der Waals surface area contributed by atoms with Crippen LogP contribution in [0, 0.1) is 0 Å². The van der Waals surface area contributed by atoms with Crippen LogP contribution in [0.25, 0.3) is 10.9 Å². The highest BCUT2D eigenvalue weighted by Gasteiger charge is 2.21. The molecule has 0 fully saturated rings. The number of hydrogen-bond acceptors (Lipinski definition) is 0. The van der Waals surface area contributed by atoms with Gasteiger partial charge in [0.15, 0.2) is 8.24 Å². The first-order valence-corrected chi connectivity index (χ1v) is 10.1. The van der Waals surface area contributed by atoms with Crippen molar-refractivity contribution in [3.05, 3.63) is 36.0 Å².